The summed E-state index contributed by atoms with van der Waals surface area (Å²) in [5.74, 6) is 0.283. The molecule has 0 unspecified atom stereocenters. The van der Waals surface area contributed by atoms with Crippen molar-refractivity contribution < 1.29 is 9.53 Å². The van der Waals surface area contributed by atoms with Crippen LogP contribution in [0.1, 0.15) is 30.1 Å². The third-order valence-electron chi connectivity index (χ3n) is 3.59. The number of piperidine rings is 1. The summed E-state index contributed by atoms with van der Waals surface area (Å²) in [7, 11) is 1.39. The fourth-order valence-electron chi connectivity index (χ4n) is 2.38. The Morgan fingerprint density at radius 1 is 1.53 bits per heavy atom. The quantitative estimate of drug-likeness (QED) is 0.839. The van der Waals surface area contributed by atoms with Gasteiger partial charge in [-0.1, -0.05) is 6.92 Å². The number of esters is 1. The molecule has 2 rings (SSSR count). The van der Waals surface area contributed by atoms with Crippen LogP contribution in [0.3, 0.4) is 0 Å². The Bertz CT molecular complexity index is 428. The van der Waals surface area contributed by atoms with Gasteiger partial charge in [0, 0.05) is 25.3 Å². The zero-order valence-corrected chi connectivity index (χ0v) is 11.6. The van der Waals surface area contributed by atoms with Crippen LogP contribution in [-0.2, 0) is 4.74 Å². The number of methoxy groups -OCH3 is 1. The first-order valence-corrected chi connectivity index (χ1v) is 6.76. The van der Waals surface area contributed by atoms with Gasteiger partial charge in [0.2, 0.25) is 0 Å². The molecule has 1 saturated heterocycles. The van der Waals surface area contributed by atoms with Crippen LogP contribution in [0, 0.1) is 0 Å². The van der Waals surface area contributed by atoms with Gasteiger partial charge in [0.05, 0.1) is 7.11 Å². The molecule has 0 radical (unpaired) electrons. The summed E-state index contributed by atoms with van der Waals surface area (Å²) in [6.07, 6.45) is 3.84. The highest BCUT2D eigenvalue weighted by molar-refractivity contribution is 5.94. The number of rotatable bonds is 4. The summed E-state index contributed by atoms with van der Waals surface area (Å²) >= 11 is 0. The number of hydrogen-bond acceptors (Lipinski definition) is 5. The van der Waals surface area contributed by atoms with E-state index in [0.29, 0.717) is 17.4 Å². The predicted molar refractivity (Wildman–Crippen MR) is 74.3 cm³/mol. The van der Waals surface area contributed by atoms with Crippen LogP contribution in [0.4, 0.5) is 5.82 Å². The molecule has 0 spiro atoms. The van der Waals surface area contributed by atoms with Crippen LogP contribution in [-0.4, -0.2) is 48.6 Å². The number of aromatic nitrogens is 1. The van der Waals surface area contributed by atoms with Crippen LogP contribution < -0.4 is 5.32 Å². The lowest BCUT2D eigenvalue weighted by Crippen LogP contribution is -2.39. The van der Waals surface area contributed by atoms with Gasteiger partial charge in [-0.3, -0.25) is 0 Å². The number of nitrogens with zero attached hydrogens (tertiary/aromatic N) is 2. The molecular weight excluding hydrogens is 242 g/mol. The van der Waals surface area contributed by atoms with Crippen molar-refractivity contribution in [1.29, 1.82) is 0 Å². The van der Waals surface area contributed by atoms with Crippen LogP contribution >= 0.6 is 0 Å². The van der Waals surface area contributed by atoms with E-state index in [1.165, 1.54) is 7.11 Å². The van der Waals surface area contributed by atoms with Crippen LogP contribution in [0.25, 0.3) is 0 Å². The second-order valence-electron chi connectivity index (χ2n) is 4.74. The van der Waals surface area contributed by atoms with Crippen molar-refractivity contribution in [3.8, 4) is 0 Å². The van der Waals surface area contributed by atoms with E-state index in [-0.39, 0.29) is 5.97 Å². The first-order valence-electron chi connectivity index (χ1n) is 6.76. The Kier molecular flexibility index (Phi) is 4.74. The lowest BCUT2D eigenvalue weighted by atomic mass is 10.0. The highest BCUT2D eigenvalue weighted by atomic mass is 16.5. The monoisotopic (exact) mass is 263 g/mol. The molecule has 1 aromatic rings. The molecule has 5 nitrogen and oxygen atoms in total. The Morgan fingerprint density at radius 2 is 2.26 bits per heavy atom. The lowest BCUT2D eigenvalue weighted by Gasteiger charge is -2.31. The largest absolute Gasteiger partial charge is 0.465 e. The second kappa shape index (κ2) is 6.52. The molecule has 104 valence electrons. The fourth-order valence-corrected chi connectivity index (χ4v) is 2.38. The minimum Gasteiger partial charge on any atom is -0.465 e. The molecule has 1 aromatic heterocycles. The number of pyridine rings is 1. The van der Waals surface area contributed by atoms with Gasteiger partial charge < -0.3 is 15.0 Å². The van der Waals surface area contributed by atoms with Crippen LogP contribution in [0.5, 0.6) is 0 Å². The van der Waals surface area contributed by atoms with Gasteiger partial charge >= 0.3 is 5.97 Å². The zero-order valence-electron chi connectivity index (χ0n) is 11.6. The molecule has 0 aliphatic carbocycles. The number of ether oxygens (including phenoxy) is 1. The molecule has 1 fully saturated rings. The van der Waals surface area contributed by atoms with E-state index >= 15 is 0 Å². The molecule has 0 bridgehead atoms. The highest BCUT2D eigenvalue weighted by Crippen LogP contribution is 2.18. The topological polar surface area (TPSA) is 54.5 Å². The molecule has 2 heterocycles. The number of carbonyl (C=O) groups excluding carboxylic acids is 1. The van der Waals surface area contributed by atoms with Gasteiger partial charge in [-0.05, 0) is 31.5 Å². The Balaban J connectivity index is 2.01. The summed E-state index contributed by atoms with van der Waals surface area (Å²) in [6.45, 7) is 5.47. The minimum absolute atomic E-state index is 0.346. The van der Waals surface area contributed by atoms with Gasteiger partial charge in [-0.25, -0.2) is 9.78 Å². The maximum absolute atomic E-state index is 11.7. The van der Waals surface area contributed by atoms with Gasteiger partial charge in [-0.2, -0.15) is 0 Å². The summed E-state index contributed by atoms with van der Waals surface area (Å²) in [4.78, 5) is 18.3. The number of likely N-dealkylation sites (tertiary alicyclic amines) is 1. The third kappa shape index (κ3) is 3.44. The normalized spacial score (nSPS) is 17.2. The van der Waals surface area contributed by atoms with E-state index in [2.05, 4.69) is 22.1 Å². The maximum Gasteiger partial charge on any atom is 0.341 e. The summed E-state index contributed by atoms with van der Waals surface area (Å²) in [5, 5.41) is 3.37. The van der Waals surface area contributed by atoms with E-state index in [9.17, 15) is 4.79 Å². The van der Waals surface area contributed by atoms with E-state index in [0.717, 1.165) is 32.5 Å². The van der Waals surface area contributed by atoms with E-state index < -0.39 is 0 Å². The number of nitrogens with one attached hydrogen (secondary N) is 1. The summed E-state index contributed by atoms with van der Waals surface area (Å²) < 4.78 is 4.77. The SMILES string of the molecule is CCN1CCC(Nc2ncccc2C(=O)OC)CC1. The van der Waals surface area contributed by atoms with Crippen molar-refractivity contribution in [3.05, 3.63) is 23.9 Å². The number of hydrogen-bond donors (Lipinski definition) is 1. The number of carbonyl (C=O) groups is 1. The Hall–Kier alpha value is -1.62. The van der Waals surface area contributed by atoms with Crippen LogP contribution in [0.2, 0.25) is 0 Å². The van der Waals surface area contributed by atoms with E-state index in [4.69, 9.17) is 4.74 Å². The molecule has 19 heavy (non-hydrogen) atoms. The molecule has 1 aliphatic rings. The maximum atomic E-state index is 11.7. The first-order chi connectivity index (χ1) is 9.24. The average molecular weight is 263 g/mol. The zero-order chi connectivity index (χ0) is 13.7. The van der Waals surface area contributed by atoms with Crippen LogP contribution in [0.15, 0.2) is 18.3 Å². The summed E-state index contributed by atoms with van der Waals surface area (Å²) in [5.41, 5.74) is 0.503. The lowest BCUT2D eigenvalue weighted by molar-refractivity contribution is 0.0601. The Morgan fingerprint density at radius 3 is 2.89 bits per heavy atom. The van der Waals surface area contributed by atoms with Gasteiger partial charge in [0.25, 0.3) is 0 Å². The molecular formula is C14H21N3O2. The van der Waals surface area contributed by atoms with Crippen molar-refractivity contribution in [2.24, 2.45) is 0 Å². The smallest absolute Gasteiger partial charge is 0.341 e. The number of anilines is 1. The summed E-state index contributed by atoms with van der Waals surface area (Å²) in [6, 6.07) is 3.86. The van der Waals surface area contributed by atoms with Gasteiger partial charge in [0.1, 0.15) is 11.4 Å². The molecule has 5 heteroatoms. The fraction of sp³-hybridized carbons (Fsp3) is 0.571. The molecule has 0 atom stereocenters. The Labute approximate surface area is 114 Å². The molecule has 0 aromatic carbocycles. The van der Waals surface area contributed by atoms with Crippen molar-refractivity contribution in [2.45, 2.75) is 25.8 Å². The van der Waals surface area contributed by atoms with E-state index in [1.807, 2.05) is 0 Å². The van der Waals surface area contributed by atoms with Crippen molar-refractivity contribution in [1.82, 2.24) is 9.88 Å². The van der Waals surface area contributed by atoms with Gasteiger partial charge in [0.15, 0.2) is 0 Å². The van der Waals surface area contributed by atoms with Crippen molar-refractivity contribution in [2.75, 3.05) is 32.1 Å². The van der Waals surface area contributed by atoms with Gasteiger partial charge in [-0.15, -0.1) is 0 Å². The molecule has 0 amide bonds. The molecule has 1 aliphatic heterocycles. The predicted octanol–water partition coefficient (Wildman–Crippen LogP) is 1.76. The minimum atomic E-state index is -0.346. The first kappa shape index (κ1) is 13.8. The second-order valence-corrected chi connectivity index (χ2v) is 4.74. The van der Waals surface area contributed by atoms with Crippen molar-refractivity contribution in [3.63, 3.8) is 0 Å². The third-order valence-corrected chi connectivity index (χ3v) is 3.59. The standard InChI is InChI=1S/C14H21N3O2/c1-3-17-9-6-11(7-10-17)16-13-12(14(18)19-2)5-4-8-15-13/h4-5,8,11H,3,6-7,9-10H2,1-2H3,(H,15,16). The van der Waals surface area contributed by atoms with E-state index in [1.54, 1.807) is 18.3 Å². The highest BCUT2D eigenvalue weighted by Gasteiger charge is 2.20. The van der Waals surface area contributed by atoms with Crippen molar-refractivity contribution >= 4 is 11.8 Å². The average Bonchev–Trinajstić information content (AvgIpc) is 2.48. The molecule has 0 saturated carbocycles. The molecule has 1 N–H and O–H groups in total.